The monoisotopic (exact) mass is 460 g/mol. The highest BCUT2D eigenvalue weighted by molar-refractivity contribution is 7.85. The molecule has 0 saturated heterocycles. The summed E-state index contributed by atoms with van der Waals surface area (Å²) in [5.74, 6) is 0. The molecule has 33 heavy (non-hydrogen) atoms. The molecule has 0 aliphatic carbocycles. The van der Waals surface area contributed by atoms with E-state index in [1.54, 1.807) is 16.4 Å². The third-order valence-corrected chi connectivity index (χ3v) is 5.95. The first kappa shape index (κ1) is 22.3. The van der Waals surface area contributed by atoms with Gasteiger partial charge < -0.3 is 8.97 Å². The van der Waals surface area contributed by atoms with Crippen molar-refractivity contribution < 1.29 is 26.2 Å². The van der Waals surface area contributed by atoms with Gasteiger partial charge in [-0.2, -0.15) is 0 Å². The van der Waals surface area contributed by atoms with Crippen LogP contribution in [0.25, 0.3) is 28.2 Å². The average Bonchev–Trinajstić information content (AvgIpc) is 3.20. The highest BCUT2D eigenvalue weighted by Crippen LogP contribution is 2.15. The first-order valence-corrected chi connectivity index (χ1v) is 11.5. The summed E-state index contributed by atoms with van der Waals surface area (Å²) in [6.45, 7) is 5.73. The smallest absolute Gasteiger partial charge is 0.374 e. The van der Waals surface area contributed by atoms with E-state index in [1.807, 2.05) is 56.7 Å². The lowest BCUT2D eigenvalue weighted by atomic mass is 10.1. The quantitative estimate of drug-likeness (QED) is 0.298. The molecule has 0 fully saturated rings. The van der Waals surface area contributed by atoms with E-state index in [9.17, 15) is 13.0 Å². The van der Waals surface area contributed by atoms with Crippen molar-refractivity contribution in [2.45, 2.75) is 11.8 Å². The summed E-state index contributed by atoms with van der Waals surface area (Å²) in [5, 5.41) is 1.16. The maximum absolute atomic E-state index is 10.4. The van der Waals surface area contributed by atoms with Crippen LogP contribution in [0.15, 0.2) is 88.4 Å². The van der Waals surface area contributed by atoms with Crippen LogP contribution in [-0.2, 0) is 17.2 Å². The van der Waals surface area contributed by atoms with Gasteiger partial charge in [0.2, 0.25) is 11.1 Å². The molecule has 3 aromatic heterocycles. The predicted molar refractivity (Wildman–Crippen MR) is 122 cm³/mol. The zero-order valence-electron chi connectivity index (χ0n) is 18.2. The minimum absolute atomic E-state index is 0.178. The minimum atomic E-state index is -4.27. The second kappa shape index (κ2) is 8.93. The Morgan fingerprint density at radius 2 is 1.73 bits per heavy atom. The number of hydrogen-bond acceptors (Lipinski definition) is 5. The summed E-state index contributed by atoms with van der Waals surface area (Å²) < 4.78 is 40.8. The van der Waals surface area contributed by atoms with Gasteiger partial charge in [-0.1, -0.05) is 29.8 Å². The minimum Gasteiger partial charge on any atom is -0.744 e. The van der Waals surface area contributed by atoms with Crippen molar-refractivity contribution in [3.05, 3.63) is 103 Å². The molecule has 166 valence electrons. The maximum Gasteiger partial charge on any atom is 0.374 e. The summed E-state index contributed by atoms with van der Waals surface area (Å²) in [4.78, 5) is 4.33. The van der Waals surface area contributed by atoms with Crippen LogP contribution in [0.3, 0.4) is 0 Å². The molecular formula is C25H22N3O4S+. The molecule has 0 atom stereocenters. The third kappa shape index (κ3) is 4.97. The van der Waals surface area contributed by atoms with Gasteiger partial charge in [0, 0.05) is 28.8 Å². The summed E-state index contributed by atoms with van der Waals surface area (Å²) in [6, 6.07) is 19.9. The van der Waals surface area contributed by atoms with Crippen molar-refractivity contribution >= 4 is 38.3 Å². The van der Waals surface area contributed by atoms with Crippen LogP contribution in [0.5, 0.6) is 0 Å². The molecule has 0 N–H and O–H groups in total. The Morgan fingerprint density at radius 3 is 2.42 bits per heavy atom. The van der Waals surface area contributed by atoms with Crippen LogP contribution in [-0.4, -0.2) is 18.0 Å². The Hall–Kier alpha value is -3.88. The van der Waals surface area contributed by atoms with Crippen LogP contribution >= 0.6 is 0 Å². The van der Waals surface area contributed by atoms with E-state index >= 15 is 0 Å². The average molecular weight is 461 g/mol. The number of rotatable bonds is 2. The number of fused-ring (bicyclic) bond motifs is 2. The highest BCUT2D eigenvalue weighted by atomic mass is 32.2. The number of hydrogen-bond donors (Lipinski definition) is 0. The van der Waals surface area contributed by atoms with Gasteiger partial charge in [-0.15, -0.1) is 0 Å². The van der Waals surface area contributed by atoms with Crippen LogP contribution in [0.2, 0.25) is 0 Å². The Morgan fingerprint density at radius 1 is 1.00 bits per heavy atom. The van der Waals surface area contributed by atoms with Crippen LogP contribution in [0.4, 0.5) is 0 Å². The van der Waals surface area contributed by atoms with Gasteiger partial charge in [-0.25, -0.2) is 17.2 Å². The van der Waals surface area contributed by atoms with Gasteiger partial charge in [0.1, 0.15) is 17.2 Å². The lowest BCUT2D eigenvalue weighted by Gasteiger charge is -2.05. The van der Waals surface area contributed by atoms with Crippen molar-refractivity contribution in [3.8, 4) is 0 Å². The first-order valence-electron chi connectivity index (χ1n) is 10.1. The Balaban J connectivity index is 0.000000200. The molecule has 7 nitrogen and oxygen atoms in total. The fraction of sp³-hybridized carbons (Fsp3) is 0.0800. The van der Waals surface area contributed by atoms with Gasteiger partial charge >= 0.3 is 11.2 Å². The van der Waals surface area contributed by atoms with E-state index in [4.69, 9.17) is 4.42 Å². The molecule has 3 heterocycles. The second-order valence-corrected chi connectivity index (χ2v) is 8.91. The predicted octanol–water partition coefficient (Wildman–Crippen LogP) is 2.46. The van der Waals surface area contributed by atoms with E-state index in [2.05, 4.69) is 34.5 Å². The Labute approximate surface area is 191 Å². The van der Waals surface area contributed by atoms with Gasteiger partial charge in [0.15, 0.2) is 6.20 Å². The summed E-state index contributed by atoms with van der Waals surface area (Å²) in [6.07, 6.45) is 5.85. The van der Waals surface area contributed by atoms with Crippen LogP contribution < -0.4 is 14.4 Å². The summed E-state index contributed by atoms with van der Waals surface area (Å²) in [7, 11) is -2.23. The van der Waals surface area contributed by atoms with Gasteiger partial charge in [-0.3, -0.25) is 0 Å². The van der Waals surface area contributed by atoms with Crippen molar-refractivity contribution in [2.75, 3.05) is 0 Å². The summed E-state index contributed by atoms with van der Waals surface area (Å²) >= 11 is 0. The van der Waals surface area contributed by atoms with E-state index in [0.717, 1.165) is 27.7 Å². The molecule has 0 saturated carbocycles. The van der Waals surface area contributed by atoms with Crippen LogP contribution in [0, 0.1) is 13.6 Å². The van der Waals surface area contributed by atoms with E-state index in [-0.39, 0.29) is 4.90 Å². The van der Waals surface area contributed by atoms with Gasteiger partial charge in [0.05, 0.1) is 23.2 Å². The van der Waals surface area contributed by atoms with Gasteiger partial charge in [-0.05, 0) is 37.3 Å². The van der Waals surface area contributed by atoms with Crippen LogP contribution in [0.1, 0.15) is 11.1 Å². The largest absolute Gasteiger partial charge is 0.744 e. The van der Waals surface area contributed by atoms with Crippen molar-refractivity contribution in [3.63, 3.8) is 0 Å². The lowest BCUT2D eigenvalue weighted by Crippen LogP contribution is -2.28. The zero-order chi connectivity index (χ0) is 23.6. The molecular weight excluding hydrogens is 438 g/mol. The third-order valence-electron chi connectivity index (χ3n) is 5.10. The maximum atomic E-state index is 10.4. The first-order chi connectivity index (χ1) is 15.7. The molecule has 0 radical (unpaired) electrons. The number of aromatic nitrogens is 3. The zero-order valence-corrected chi connectivity index (χ0v) is 19.0. The molecule has 5 aromatic rings. The van der Waals surface area contributed by atoms with E-state index in [1.165, 1.54) is 17.6 Å². The topological polar surface area (TPSA) is 93.0 Å². The SMILES string of the molecule is C=[n+]1cccc2oc(=Cc3cc[n+](C)c4ccccc34)nc21.Cc1ccc(S(=O)(=O)[O-])cc1. The fourth-order valence-corrected chi connectivity index (χ4v) is 3.84. The molecule has 2 aromatic carbocycles. The number of para-hydroxylation sites is 1. The van der Waals surface area contributed by atoms with E-state index < -0.39 is 10.1 Å². The molecule has 0 spiro atoms. The number of aryl methyl sites for hydroxylation is 2. The summed E-state index contributed by atoms with van der Waals surface area (Å²) in [5.41, 5.74) is 5.22. The normalized spacial score (nSPS) is 12.0. The Bertz CT molecular complexity index is 1680. The fourth-order valence-electron chi connectivity index (χ4n) is 3.37. The molecule has 0 amide bonds. The molecule has 5 rings (SSSR count). The van der Waals surface area contributed by atoms with E-state index in [0.29, 0.717) is 5.55 Å². The molecule has 0 aliphatic rings. The standard InChI is InChI=1S/C18H15N3O.C7H8O3S/c1-20-11-9-13(14-6-3-4-7-15(14)20)12-17-19-18-16(22-17)8-5-10-21(18)2;1-6-2-4-7(5-3-6)11(8,9)10/h3-12H,2H2,1H3;2-5H,1H3,(H,8,9,10)/q+2;/p-1. The molecule has 8 heteroatoms. The molecule has 0 aliphatic heterocycles. The lowest BCUT2D eigenvalue weighted by molar-refractivity contribution is -0.644. The Kier molecular flexibility index (Phi) is 6.04. The number of benzene rings is 2. The van der Waals surface area contributed by atoms with Crippen molar-refractivity contribution in [2.24, 2.45) is 7.05 Å². The van der Waals surface area contributed by atoms with Crippen molar-refractivity contribution in [1.29, 1.82) is 0 Å². The highest BCUT2D eigenvalue weighted by Gasteiger charge is 2.12. The van der Waals surface area contributed by atoms with Gasteiger partial charge in [0.25, 0.3) is 0 Å². The number of oxazole rings is 1. The second-order valence-electron chi connectivity index (χ2n) is 7.53. The number of nitrogens with zero attached hydrogens (tertiary/aromatic N) is 3. The molecule has 0 unspecified atom stereocenters. The number of pyridine rings is 2. The molecule has 0 bridgehead atoms. The van der Waals surface area contributed by atoms with Crippen molar-refractivity contribution in [1.82, 2.24) is 4.98 Å².